The first-order chi connectivity index (χ1) is 9.33. The van der Waals surface area contributed by atoms with Crippen LogP contribution in [0.4, 0.5) is 8.78 Å². The summed E-state index contributed by atoms with van der Waals surface area (Å²) in [5, 5.41) is 0. The van der Waals surface area contributed by atoms with Crippen molar-refractivity contribution in [3.63, 3.8) is 0 Å². The van der Waals surface area contributed by atoms with E-state index in [4.69, 9.17) is 6.72 Å². The summed E-state index contributed by atoms with van der Waals surface area (Å²) in [6, 6.07) is 9.53. The number of pyridine rings is 1. The number of nitrogens with zero attached hydrogens (tertiary/aromatic N) is 2. The summed E-state index contributed by atoms with van der Waals surface area (Å²) in [5.74, 6) is -1.29. The van der Waals surface area contributed by atoms with Crippen LogP contribution in [0.2, 0.25) is 0 Å². The van der Waals surface area contributed by atoms with Crippen LogP contribution < -0.4 is 0 Å². The number of benzene rings is 1. The third-order valence-corrected chi connectivity index (χ3v) is 2.17. The largest absolute Gasteiger partial charge is 3.00 e. The second-order valence-electron chi connectivity index (χ2n) is 5.06. The molecular formula is C17H19F2IrN2. The topological polar surface area (TPSA) is 25.2 Å². The molecule has 2 aromatic rings. The molecule has 2 nitrogen and oxygen atoms in total. The van der Waals surface area contributed by atoms with Gasteiger partial charge in [-0.05, 0) is 32.5 Å². The van der Waals surface area contributed by atoms with E-state index in [9.17, 15) is 8.78 Å². The van der Waals surface area contributed by atoms with Crippen molar-refractivity contribution in [3.8, 4) is 11.3 Å². The Labute approximate surface area is 145 Å². The Kier molecular flexibility index (Phi) is 10.7. The molecule has 0 fully saturated rings. The number of rotatable bonds is 1. The van der Waals surface area contributed by atoms with Gasteiger partial charge in [0.15, 0.2) is 0 Å². The third-order valence-electron chi connectivity index (χ3n) is 2.17. The summed E-state index contributed by atoms with van der Waals surface area (Å²) in [7, 11) is 0. The fourth-order valence-electron chi connectivity index (χ4n) is 1.15. The molecule has 0 atom stereocenters. The Hall–Kier alpha value is -1.45. The SMILES string of the molecule is Fc1c[c-]c(-c2ccccn2)c(F)c1.[CH-]=NC(C)(C)C.[CH3-].[Ir+3]. The maximum atomic E-state index is 13.2. The molecule has 22 heavy (non-hydrogen) atoms. The van der Waals surface area contributed by atoms with Crippen molar-refractivity contribution in [2.24, 2.45) is 4.99 Å². The minimum absolute atomic E-state index is 0. The predicted molar refractivity (Wildman–Crippen MR) is 83.1 cm³/mol. The quantitative estimate of drug-likeness (QED) is 0.431. The molecule has 120 valence electrons. The van der Waals surface area contributed by atoms with E-state index >= 15 is 0 Å². The summed E-state index contributed by atoms with van der Waals surface area (Å²) >= 11 is 0. The average molecular weight is 482 g/mol. The van der Waals surface area contributed by atoms with Crippen LogP contribution in [0, 0.1) is 25.1 Å². The minimum atomic E-state index is -0.649. The van der Waals surface area contributed by atoms with E-state index in [1.807, 2.05) is 20.8 Å². The number of aliphatic imine (C=N–C) groups is 1. The predicted octanol–water partition coefficient (Wildman–Crippen LogP) is 4.64. The van der Waals surface area contributed by atoms with Gasteiger partial charge in [0.1, 0.15) is 0 Å². The second kappa shape index (κ2) is 10.3. The van der Waals surface area contributed by atoms with Crippen LogP contribution in [0.25, 0.3) is 11.3 Å². The summed E-state index contributed by atoms with van der Waals surface area (Å²) in [4.78, 5) is 7.47. The monoisotopic (exact) mass is 482 g/mol. The molecule has 0 aliphatic carbocycles. The first-order valence-electron chi connectivity index (χ1n) is 6.03. The van der Waals surface area contributed by atoms with Gasteiger partial charge in [-0.2, -0.15) is 0 Å². The molecule has 0 saturated carbocycles. The van der Waals surface area contributed by atoms with E-state index < -0.39 is 11.6 Å². The summed E-state index contributed by atoms with van der Waals surface area (Å²) < 4.78 is 25.8. The molecule has 5 heteroatoms. The van der Waals surface area contributed by atoms with Crippen LogP contribution in [-0.2, 0) is 20.1 Å². The molecule has 0 spiro atoms. The molecule has 0 bridgehead atoms. The van der Waals surface area contributed by atoms with Crippen molar-refractivity contribution >= 4 is 6.72 Å². The molecule has 0 N–H and O–H groups in total. The summed E-state index contributed by atoms with van der Waals surface area (Å²) in [6.07, 6.45) is 1.55. The smallest absolute Gasteiger partial charge is 0.501 e. The van der Waals surface area contributed by atoms with Gasteiger partial charge >= 0.3 is 20.1 Å². The molecule has 0 unspecified atom stereocenters. The maximum Gasteiger partial charge on any atom is 3.00 e. The second-order valence-corrected chi connectivity index (χ2v) is 5.06. The fraction of sp³-hybridized carbons (Fsp3) is 0.235. The first kappa shape index (κ1) is 22.8. The minimum Gasteiger partial charge on any atom is -0.501 e. The fourth-order valence-corrected chi connectivity index (χ4v) is 1.15. The summed E-state index contributed by atoms with van der Waals surface area (Å²) in [5.41, 5.74) is 0.581. The number of halogens is 2. The Morgan fingerprint density at radius 1 is 1.23 bits per heavy atom. The van der Waals surface area contributed by atoms with Gasteiger partial charge in [-0.1, -0.05) is 23.8 Å². The van der Waals surface area contributed by atoms with Crippen LogP contribution in [-0.4, -0.2) is 17.2 Å². The number of hydrogen-bond acceptors (Lipinski definition) is 2. The number of aromatic nitrogens is 1. The van der Waals surface area contributed by atoms with Gasteiger partial charge in [-0.25, -0.2) is 0 Å². The normalized spacial score (nSPS) is 9.50. The van der Waals surface area contributed by atoms with Crippen molar-refractivity contribution in [1.82, 2.24) is 4.98 Å². The van der Waals surface area contributed by atoms with E-state index in [-0.39, 0.29) is 38.6 Å². The van der Waals surface area contributed by atoms with Crippen molar-refractivity contribution in [1.29, 1.82) is 0 Å². The first-order valence-corrected chi connectivity index (χ1v) is 6.03. The van der Waals surface area contributed by atoms with Gasteiger partial charge in [0, 0.05) is 23.4 Å². The van der Waals surface area contributed by atoms with E-state index in [1.54, 1.807) is 24.4 Å². The zero-order valence-corrected chi connectivity index (χ0v) is 15.4. The molecule has 1 aromatic carbocycles. The van der Waals surface area contributed by atoms with E-state index in [0.29, 0.717) is 5.69 Å². The van der Waals surface area contributed by atoms with Crippen LogP contribution in [0.5, 0.6) is 0 Å². The van der Waals surface area contributed by atoms with E-state index in [0.717, 1.165) is 12.1 Å². The maximum absolute atomic E-state index is 13.2. The van der Waals surface area contributed by atoms with Crippen LogP contribution in [0.15, 0.2) is 41.5 Å². The van der Waals surface area contributed by atoms with Gasteiger partial charge in [-0.15, -0.1) is 12.1 Å². The molecular weight excluding hydrogens is 462 g/mol. The van der Waals surface area contributed by atoms with Crippen molar-refractivity contribution < 1.29 is 28.9 Å². The average Bonchev–Trinajstić information content (AvgIpc) is 2.39. The molecule has 0 aliphatic rings. The molecule has 1 heterocycles. The van der Waals surface area contributed by atoms with Gasteiger partial charge in [0.05, 0.1) is 0 Å². The van der Waals surface area contributed by atoms with Gasteiger partial charge < -0.3 is 24.1 Å². The number of hydrogen-bond donors (Lipinski definition) is 0. The van der Waals surface area contributed by atoms with Gasteiger partial charge in [-0.3, -0.25) is 8.78 Å². The third kappa shape index (κ3) is 8.10. The Morgan fingerprint density at radius 3 is 2.23 bits per heavy atom. The van der Waals surface area contributed by atoms with Crippen LogP contribution in [0.3, 0.4) is 0 Å². The van der Waals surface area contributed by atoms with Crippen molar-refractivity contribution in [3.05, 3.63) is 61.7 Å². The van der Waals surface area contributed by atoms with Crippen molar-refractivity contribution in [2.45, 2.75) is 26.3 Å². The standard InChI is InChI=1S/C11H6F2N.C5H10N.CH3.Ir/c12-8-4-5-9(10(13)7-8)11-3-1-2-6-14-11;1-5(2,3)6-4;;/h1-4,6-7H;4H,1-3H3;1H3;/q3*-1;+3. The Bertz CT molecular complexity index is 567. The molecule has 0 amide bonds. The molecule has 0 radical (unpaired) electrons. The van der Waals surface area contributed by atoms with Gasteiger partial charge in [0.2, 0.25) is 0 Å². The molecule has 1 aromatic heterocycles. The van der Waals surface area contributed by atoms with Crippen molar-refractivity contribution in [2.75, 3.05) is 0 Å². The zero-order valence-electron chi connectivity index (χ0n) is 13.0. The summed E-state index contributed by atoms with van der Waals surface area (Å²) in [6.45, 7) is 10.8. The van der Waals surface area contributed by atoms with Crippen LogP contribution in [0.1, 0.15) is 20.8 Å². The van der Waals surface area contributed by atoms with Gasteiger partial charge in [0.25, 0.3) is 0 Å². The van der Waals surface area contributed by atoms with Crippen LogP contribution >= 0.6 is 0 Å². The molecule has 0 aliphatic heterocycles. The van der Waals surface area contributed by atoms with E-state index in [2.05, 4.69) is 16.0 Å². The Morgan fingerprint density at radius 2 is 1.82 bits per heavy atom. The Balaban J connectivity index is 0. The molecule has 2 rings (SSSR count). The zero-order chi connectivity index (χ0) is 15.2. The molecule has 0 saturated heterocycles. The van der Waals surface area contributed by atoms with E-state index in [1.165, 1.54) is 0 Å².